The van der Waals surface area contributed by atoms with Crippen LogP contribution in [0.15, 0.2) is 12.1 Å². The molecule has 0 bridgehead atoms. The van der Waals surface area contributed by atoms with Crippen LogP contribution >= 0.6 is 0 Å². The van der Waals surface area contributed by atoms with Crippen molar-refractivity contribution in [1.29, 1.82) is 0 Å². The van der Waals surface area contributed by atoms with E-state index in [1.807, 2.05) is 24.8 Å². The zero-order valence-corrected chi connectivity index (χ0v) is 15.1. The molecule has 1 aliphatic rings. The molecule has 1 heterocycles. The first-order chi connectivity index (χ1) is 10.7. The summed E-state index contributed by atoms with van der Waals surface area (Å²) in [7, 11) is 0. The van der Waals surface area contributed by atoms with Crippen LogP contribution in [0.4, 0.5) is 0 Å². The number of aryl methyl sites for hydroxylation is 3. The summed E-state index contributed by atoms with van der Waals surface area (Å²) < 4.78 is 0. The van der Waals surface area contributed by atoms with Gasteiger partial charge in [0.2, 0.25) is 5.91 Å². The van der Waals surface area contributed by atoms with Gasteiger partial charge >= 0.3 is 0 Å². The van der Waals surface area contributed by atoms with Crippen LogP contribution in [-0.4, -0.2) is 35.8 Å². The molecule has 1 saturated heterocycles. The maximum Gasteiger partial charge on any atom is 0.254 e. The summed E-state index contributed by atoms with van der Waals surface area (Å²) in [5.74, 6) is 0.765. The Kier molecular flexibility index (Phi) is 5.12. The second-order valence-electron chi connectivity index (χ2n) is 7.18. The van der Waals surface area contributed by atoms with Gasteiger partial charge in [0.05, 0.1) is 6.04 Å². The Morgan fingerprint density at radius 2 is 1.70 bits per heavy atom. The van der Waals surface area contributed by atoms with Gasteiger partial charge in [-0.3, -0.25) is 9.59 Å². The zero-order valence-electron chi connectivity index (χ0n) is 15.1. The highest BCUT2D eigenvalue weighted by atomic mass is 16.2. The number of likely N-dealkylation sites (tertiary alicyclic amines) is 1. The third kappa shape index (κ3) is 3.74. The fraction of sp³-hybridized carbons (Fsp3) is 0.579. The lowest BCUT2D eigenvalue weighted by atomic mass is 9.91. The molecule has 2 amide bonds. The number of hydrogen-bond acceptors (Lipinski definition) is 2. The molecule has 126 valence electrons. The first-order valence-electron chi connectivity index (χ1n) is 8.35. The monoisotopic (exact) mass is 316 g/mol. The lowest BCUT2D eigenvalue weighted by Crippen LogP contribution is -2.41. The average molecular weight is 316 g/mol. The molecule has 0 unspecified atom stereocenters. The van der Waals surface area contributed by atoms with Crippen molar-refractivity contribution < 1.29 is 9.59 Å². The number of hydrogen-bond donors (Lipinski definition) is 1. The van der Waals surface area contributed by atoms with E-state index in [1.165, 1.54) is 12.5 Å². The molecule has 4 nitrogen and oxygen atoms in total. The van der Waals surface area contributed by atoms with Crippen LogP contribution in [0.3, 0.4) is 0 Å². The molecule has 23 heavy (non-hydrogen) atoms. The lowest BCUT2D eigenvalue weighted by molar-refractivity contribution is -0.119. The number of amides is 2. The molecular weight excluding hydrogens is 288 g/mol. The van der Waals surface area contributed by atoms with Gasteiger partial charge in [0.15, 0.2) is 0 Å². The van der Waals surface area contributed by atoms with Gasteiger partial charge < -0.3 is 10.2 Å². The van der Waals surface area contributed by atoms with Crippen LogP contribution in [0.25, 0.3) is 0 Å². The SMILES string of the molecule is CC(=O)N[C@@H]1CN(C(=O)c2cc(C)c(C)cc2C)C[C@H]1C(C)C. The lowest BCUT2D eigenvalue weighted by Gasteiger charge is -2.21. The van der Waals surface area contributed by atoms with Gasteiger partial charge in [-0.1, -0.05) is 19.9 Å². The van der Waals surface area contributed by atoms with Gasteiger partial charge in [0.25, 0.3) is 5.91 Å². The number of carbonyl (C=O) groups excluding carboxylic acids is 2. The van der Waals surface area contributed by atoms with E-state index in [-0.39, 0.29) is 17.9 Å². The second-order valence-corrected chi connectivity index (χ2v) is 7.18. The highest BCUT2D eigenvalue weighted by Gasteiger charge is 2.37. The van der Waals surface area contributed by atoms with E-state index < -0.39 is 0 Å². The largest absolute Gasteiger partial charge is 0.351 e. The van der Waals surface area contributed by atoms with Gasteiger partial charge in [-0.05, 0) is 49.4 Å². The van der Waals surface area contributed by atoms with E-state index in [1.54, 1.807) is 0 Å². The van der Waals surface area contributed by atoms with Gasteiger partial charge in [-0.2, -0.15) is 0 Å². The van der Waals surface area contributed by atoms with Crippen molar-refractivity contribution in [1.82, 2.24) is 10.2 Å². The number of benzene rings is 1. The second kappa shape index (κ2) is 6.73. The molecule has 0 saturated carbocycles. The first-order valence-corrected chi connectivity index (χ1v) is 8.35. The highest BCUT2D eigenvalue weighted by Crippen LogP contribution is 2.27. The summed E-state index contributed by atoms with van der Waals surface area (Å²) in [6.07, 6.45) is 0. The maximum absolute atomic E-state index is 12.9. The Labute approximate surface area is 139 Å². The molecule has 1 aromatic carbocycles. The van der Waals surface area contributed by atoms with Crippen molar-refractivity contribution in [2.75, 3.05) is 13.1 Å². The Hall–Kier alpha value is -1.84. The third-order valence-electron chi connectivity index (χ3n) is 4.97. The fourth-order valence-electron chi connectivity index (χ4n) is 3.45. The van der Waals surface area contributed by atoms with Crippen LogP contribution in [-0.2, 0) is 4.79 Å². The summed E-state index contributed by atoms with van der Waals surface area (Å²) >= 11 is 0. The summed E-state index contributed by atoms with van der Waals surface area (Å²) in [4.78, 5) is 26.3. The minimum Gasteiger partial charge on any atom is -0.351 e. The molecule has 1 N–H and O–H groups in total. The van der Waals surface area contributed by atoms with E-state index in [9.17, 15) is 9.59 Å². The van der Waals surface area contributed by atoms with E-state index in [0.717, 1.165) is 16.7 Å². The number of rotatable bonds is 3. The highest BCUT2D eigenvalue weighted by molar-refractivity contribution is 5.96. The minimum atomic E-state index is -0.0303. The molecule has 1 fully saturated rings. The van der Waals surface area contributed by atoms with Crippen LogP contribution < -0.4 is 5.32 Å². The Morgan fingerprint density at radius 3 is 2.26 bits per heavy atom. The molecule has 0 aromatic heterocycles. The average Bonchev–Trinajstić information content (AvgIpc) is 2.85. The Balaban J connectivity index is 2.23. The topological polar surface area (TPSA) is 49.4 Å². The molecule has 1 aromatic rings. The Morgan fingerprint density at radius 1 is 1.09 bits per heavy atom. The van der Waals surface area contributed by atoms with Gasteiger partial charge in [-0.25, -0.2) is 0 Å². The summed E-state index contributed by atoms with van der Waals surface area (Å²) in [5.41, 5.74) is 4.13. The standard InChI is InChI=1S/C19H28N2O2/c1-11(2)17-9-21(10-18(17)20-15(6)22)19(23)16-8-13(4)12(3)7-14(16)5/h7-8,11,17-18H,9-10H2,1-6H3,(H,20,22)/t17-,18+/m0/s1. The third-order valence-corrected chi connectivity index (χ3v) is 4.97. The summed E-state index contributed by atoms with van der Waals surface area (Å²) in [5, 5.41) is 3.01. The quantitative estimate of drug-likeness (QED) is 0.932. The van der Waals surface area contributed by atoms with Crippen molar-refractivity contribution in [2.45, 2.75) is 47.6 Å². The first kappa shape index (κ1) is 17.5. The van der Waals surface area contributed by atoms with E-state index in [4.69, 9.17) is 0 Å². The predicted octanol–water partition coefficient (Wildman–Crippen LogP) is 2.84. The van der Waals surface area contributed by atoms with E-state index >= 15 is 0 Å². The van der Waals surface area contributed by atoms with Crippen LogP contribution in [0.1, 0.15) is 47.8 Å². The van der Waals surface area contributed by atoms with E-state index in [0.29, 0.717) is 24.9 Å². The summed E-state index contributed by atoms with van der Waals surface area (Å²) in [6.45, 7) is 13.2. The van der Waals surface area contributed by atoms with Gasteiger partial charge in [-0.15, -0.1) is 0 Å². The molecule has 4 heteroatoms. The number of carbonyl (C=O) groups is 2. The molecule has 1 aliphatic heterocycles. The van der Waals surface area contributed by atoms with Crippen molar-refractivity contribution in [3.63, 3.8) is 0 Å². The summed E-state index contributed by atoms with van der Waals surface area (Å²) in [6, 6.07) is 4.11. The molecule has 2 atom stereocenters. The van der Waals surface area contributed by atoms with Gasteiger partial charge in [0.1, 0.15) is 0 Å². The fourth-order valence-corrected chi connectivity index (χ4v) is 3.45. The normalized spacial score (nSPS) is 20.9. The van der Waals surface area contributed by atoms with E-state index in [2.05, 4.69) is 32.2 Å². The van der Waals surface area contributed by atoms with Crippen molar-refractivity contribution in [2.24, 2.45) is 11.8 Å². The molecule has 0 radical (unpaired) electrons. The maximum atomic E-state index is 12.9. The molecule has 2 rings (SSSR count). The Bertz CT molecular complexity index is 622. The van der Waals surface area contributed by atoms with Crippen molar-refractivity contribution in [3.05, 3.63) is 34.4 Å². The van der Waals surface area contributed by atoms with Crippen LogP contribution in [0.5, 0.6) is 0 Å². The molecule has 0 aliphatic carbocycles. The molecular formula is C19H28N2O2. The minimum absolute atomic E-state index is 0.0303. The number of nitrogens with zero attached hydrogens (tertiary/aromatic N) is 1. The smallest absolute Gasteiger partial charge is 0.254 e. The predicted molar refractivity (Wildman–Crippen MR) is 92.5 cm³/mol. The van der Waals surface area contributed by atoms with Crippen molar-refractivity contribution >= 4 is 11.8 Å². The van der Waals surface area contributed by atoms with Crippen molar-refractivity contribution in [3.8, 4) is 0 Å². The van der Waals surface area contributed by atoms with Crippen LogP contribution in [0.2, 0.25) is 0 Å². The van der Waals surface area contributed by atoms with Crippen LogP contribution in [0, 0.1) is 32.6 Å². The molecule has 0 spiro atoms. The number of nitrogens with one attached hydrogen (secondary N) is 1. The van der Waals surface area contributed by atoms with Gasteiger partial charge in [0, 0.05) is 31.5 Å². The zero-order chi connectivity index (χ0) is 17.3.